The molecule has 0 radical (unpaired) electrons. The van der Waals surface area contributed by atoms with Crippen LogP contribution in [0.3, 0.4) is 0 Å². The lowest BCUT2D eigenvalue weighted by Crippen LogP contribution is -2.21. The number of rotatable bonds is 2. The fourth-order valence-electron chi connectivity index (χ4n) is 3.36. The normalized spacial score (nSPS) is 16.7. The van der Waals surface area contributed by atoms with Crippen molar-refractivity contribution in [2.75, 3.05) is 0 Å². The highest BCUT2D eigenvalue weighted by molar-refractivity contribution is 6.30. The van der Waals surface area contributed by atoms with Crippen LogP contribution in [0, 0.1) is 0 Å². The van der Waals surface area contributed by atoms with Crippen molar-refractivity contribution >= 4 is 23.2 Å². The Hall–Kier alpha value is -3.14. The van der Waals surface area contributed by atoms with Crippen molar-refractivity contribution in [1.82, 2.24) is 10.6 Å². The Morgan fingerprint density at radius 2 is 1.12 bits per heavy atom. The first-order chi connectivity index (χ1) is 12.4. The molecule has 2 N–H and O–H groups in total. The number of fused-ring (bicyclic) bond motifs is 1. The van der Waals surface area contributed by atoms with Crippen molar-refractivity contribution < 1.29 is 9.59 Å². The van der Waals surface area contributed by atoms with E-state index in [0.717, 1.165) is 11.1 Å². The van der Waals surface area contributed by atoms with Gasteiger partial charge in [0.1, 0.15) is 0 Å². The van der Waals surface area contributed by atoms with Crippen LogP contribution < -0.4 is 10.6 Å². The van der Waals surface area contributed by atoms with E-state index in [0.29, 0.717) is 22.5 Å². The molecule has 0 fully saturated rings. The maximum Gasteiger partial charge on any atom is 0.258 e. The third-order valence-electron chi connectivity index (χ3n) is 4.78. The Morgan fingerprint density at radius 1 is 0.654 bits per heavy atom. The van der Waals surface area contributed by atoms with E-state index in [4.69, 9.17) is 0 Å². The summed E-state index contributed by atoms with van der Waals surface area (Å²) in [5, 5.41) is 5.74. The van der Waals surface area contributed by atoms with Crippen molar-refractivity contribution in [1.29, 1.82) is 0 Å². The SMILES string of the molecule is CC(C)(C)c1ccc(C2=C3C(=O)NC(c4ccccc4)=C3C(=O)N2)cc1. The molecule has 0 atom stereocenters. The van der Waals surface area contributed by atoms with Crippen LogP contribution in [0.15, 0.2) is 65.7 Å². The summed E-state index contributed by atoms with van der Waals surface area (Å²) in [6.45, 7) is 6.45. The van der Waals surface area contributed by atoms with E-state index in [1.807, 2.05) is 54.6 Å². The summed E-state index contributed by atoms with van der Waals surface area (Å²) in [5.41, 5.74) is 4.91. The molecule has 0 aromatic heterocycles. The largest absolute Gasteiger partial charge is 0.321 e. The van der Waals surface area contributed by atoms with Crippen molar-refractivity contribution in [3.8, 4) is 0 Å². The minimum absolute atomic E-state index is 0.0472. The van der Waals surface area contributed by atoms with Crippen LogP contribution in [-0.2, 0) is 15.0 Å². The third-order valence-corrected chi connectivity index (χ3v) is 4.78. The van der Waals surface area contributed by atoms with Gasteiger partial charge in [-0.2, -0.15) is 0 Å². The number of carbonyl (C=O) groups is 2. The number of hydrogen-bond acceptors (Lipinski definition) is 2. The molecule has 2 heterocycles. The minimum Gasteiger partial charge on any atom is -0.321 e. The van der Waals surface area contributed by atoms with E-state index in [-0.39, 0.29) is 17.2 Å². The Balaban J connectivity index is 1.82. The van der Waals surface area contributed by atoms with Crippen LogP contribution in [-0.4, -0.2) is 11.8 Å². The fraction of sp³-hybridized carbons (Fsp3) is 0.182. The van der Waals surface area contributed by atoms with E-state index >= 15 is 0 Å². The molecule has 4 heteroatoms. The lowest BCUT2D eigenvalue weighted by Gasteiger charge is -2.19. The summed E-state index contributed by atoms with van der Waals surface area (Å²) in [6, 6.07) is 17.4. The standard InChI is InChI=1S/C22H20N2O2/c1-22(2,3)15-11-9-14(10-12-15)19-17-16(20(25)24-19)18(23-21(17)26)13-7-5-4-6-8-13/h4-12H,1-3H3,(H,23,26)(H,24,25). The quantitative estimate of drug-likeness (QED) is 0.878. The number of hydrogen-bond donors (Lipinski definition) is 2. The number of nitrogens with one attached hydrogen (secondary N) is 2. The van der Waals surface area contributed by atoms with Crippen LogP contribution in [0.2, 0.25) is 0 Å². The maximum absolute atomic E-state index is 12.6. The Kier molecular flexibility index (Phi) is 3.58. The lowest BCUT2D eigenvalue weighted by atomic mass is 9.86. The first-order valence-corrected chi connectivity index (χ1v) is 8.64. The molecular weight excluding hydrogens is 324 g/mol. The number of amides is 2. The Morgan fingerprint density at radius 3 is 1.58 bits per heavy atom. The molecule has 2 aliphatic heterocycles. The Labute approximate surface area is 152 Å². The van der Waals surface area contributed by atoms with Gasteiger partial charge < -0.3 is 10.6 Å². The van der Waals surface area contributed by atoms with Crippen LogP contribution in [0.4, 0.5) is 0 Å². The molecule has 2 aromatic carbocycles. The highest BCUT2D eigenvalue weighted by atomic mass is 16.2. The maximum atomic E-state index is 12.6. The average molecular weight is 344 g/mol. The first kappa shape index (κ1) is 16.3. The molecule has 0 saturated carbocycles. The van der Waals surface area contributed by atoms with Crippen molar-refractivity contribution in [2.45, 2.75) is 26.2 Å². The summed E-state index contributed by atoms with van der Waals surface area (Å²) < 4.78 is 0. The van der Waals surface area contributed by atoms with Gasteiger partial charge in [0.15, 0.2) is 0 Å². The van der Waals surface area contributed by atoms with Gasteiger partial charge in [0.25, 0.3) is 11.8 Å². The smallest absolute Gasteiger partial charge is 0.258 e. The topological polar surface area (TPSA) is 58.2 Å². The second-order valence-electron chi connectivity index (χ2n) is 7.60. The molecule has 0 aliphatic carbocycles. The fourth-order valence-corrected chi connectivity index (χ4v) is 3.36. The van der Waals surface area contributed by atoms with Gasteiger partial charge in [-0.15, -0.1) is 0 Å². The molecule has 4 nitrogen and oxygen atoms in total. The minimum atomic E-state index is -0.243. The van der Waals surface area contributed by atoms with Crippen LogP contribution in [0.25, 0.3) is 11.4 Å². The van der Waals surface area contributed by atoms with Gasteiger partial charge in [0, 0.05) is 0 Å². The highest BCUT2D eigenvalue weighted by Gasteiger charge is 2.40. The van der Waals surface area contributed by atoms with Crippen LogP contribution in [0.5, 0.6) is 0 Å². The summed E-state index contributed by atoms with van der Waals surface area (Å²) in [4.78, 5) is 25.2. The molecular formula is C22H20N2O2. The second-order valence-corrected chi connectivity index (χ2v) is 7.60. The third kappa shape index (κ3) is 2.54. The summed E-state index contributed by atoms with van der Waals surface area (Å²) in [7, 11) is 0. The molecule has 26 heavy (non-hydrogen) atoms. The van der Waals surface area contributed by atoms with E-state index in [2.05, 4.69) is 31.4 Å². The zero-order valence-corrected chi connectivity index (χ0v) is 15.0. The van der Waals surface area contributed by atoms with E-state index in [9.17, 15) is 9.59 Å². The molecule has 4 rings (SSSR count). The zero-order chi connectivity index (χ0) is 18.5. The van der Waals surface area contributed by atoms with Crippen LogP contribution >= 0.6 is 0 Å². The lowest BCUT2D eigenvalue weighted by molar-refractivity contribution is -0.117. The number of carbonyl (C=O) groups excluding carboxylic acids is 2. The van der Waals surface area contributed by atoms with E-state index in [1.54, 1.807) is 0 Å². The van der Waals surface area contributed by atoms with Crippen LogP contribution in [0.1, 0.15) is 37.5 Å². The van der Waals surface area contributed by atoms with E-state index in [1.165, 1.54) is 5.56 Å². The molecule has 130 valence electrons. The highest BCUT2D eigenvalue weighted by Crippen LogP contribution is 2.37. The second kappa shape index (κ2) is 5.70. The summed E-state index contributed by atoms with van der Waals surface area (Å²) in [5.74, 6) is -0.487. The molecule has 2 aromatic rings. The molecule has 0 spiro atoms. The predicted octanol–water partition coefficient (Wildman–Crippen LogP) is 3.37. The van der Waals surface area contributed by atoms with Gasteiger partial charge in [-0.25, -0.2) is 0 Å². The predicted molar refractivity (Wildman–Crippen MR) is 102 cm³/mol. The van der Waals surface area contributed by atoms with Gasteiger partial charge in [-0.3, -0.25) is 9.59 Å². The molecule has 2 aliphatic rings. The molecule has 0 saturated heterocycles. The van der Waals surface area contributed by atoms with Crippen molar-refractivity contribution in [3.63, 3.8) is 0 Å². The monoisotopic (exact) mass is 344 g/mol. The first-order valence-electron chi connectivity index (χ1n) is 8.64. The average Bonchev–Trinajstić information content (AvgIpc) is 3.14. The summed E-state index contributed by atoms with van der Waals surface area (Å²) in [6.07, 6.45) is 0. The molecule has 0 unspecified atom stereocenters. The number of benzene rings is 2. The zero-order valence-electron chi connectivity index (χ0n) is 15.0. The van der Waals surface area contributed by atoms with E-state index < -0.39 is 0 Å². The van der Waals surface area contributed by atoms with Crippen molar-refractivity contribution in [2.24, 2.45) is 0 Å². The van der Waals surface area contributed by atoms with Gasteiger partial charge in [-0.1, -0.05) is 75.4 Å². The van der Waals surface area contributed by atoms with Gasteiger partial charge in [-0.05, 0) is 22.1 Å². The van der Waals surface area contributed by atoms with Crippen molar-refractivity contribution in [3.05, 3.63) is 82.4 Å². The van der Waals surface area contributed by atoms with Gasteiger partial charge >= 0.3 is 0 Å². The Bertz CT molecular complexity index is 975. The molecule has 0 bridgehead atoms. The summed E-state index contributed by atoms with van der Waals surface area (Å²) >= 11 is 0. The van der Waals surface area contributed by atoms with Gasteiger partial charge in [0.05, 0.1) is 22.5 Å². The van der Waals surface area contributed by atoms with Gasteiger partial charge in [0.2, 0.25) is 0 Å². The molecule has 2 amide bonds.